The van der Waals surface area contributed by atoms with E-state index in [-0.39, 0.29) is 30.1 Å². The van der Waals surface area contributed by atoms with Gasteiger partial charge in [-0.25, -0.2) is 14.2 Å². The van der Waals surface area contributed by atoms with Gasteiger partial charge in [0.25, 0.3) is 5.56 Å². The van der Waals surface area contributed by atoms with Crippen molar-refractivity contribution in [3.05, 3.63) is 133 Å². The first-order valence-electron chi connectivity index (χ1n) is 16.1. The monoisotopic (exact) mass is 691 g/mol. The van der Waals surface area contributed by atoms with E-state index in [0.717, 1.165) is 27.2 Å². The summed E-state index contributed by atoms with van der Waals surface area (Å²) in [6.45, 7) is 4.35. The number of para-hydroxylation sites is 2. The van der Waals surface area contributed by atoms with Gasteiger partial charge in [-0.05, 0) is 67.1 Å². The molecule has 0 unspecified atom stereocenters. The number of thiazole rings is 1. The lowest BCUT2D eigenvalue weighted by molar-refractivity contribution is -0.139. The predicted octanol–water partition coefficient (Wildman–Crippen LogP) is 6.14. The van der Waals surface area contributed by atoms with Crippen LogP contribution in [0.1, 0.15) is 31.0 Å². The maximum atomic E-state index is 14.6. The Morgan fingerprint density at radius 3 is 2.54 bits per heavy atom. The lowest BCUT2D eigenvalue weighted by Crippen LogP contribution is -2.40. The molecule has 0 fully saturated rings. The first-order chi connectivity index (χ1) is 24.3. The van der Waals surface area contributed by atoms with Gasteiger partial charge in [-0.3, -0.25) is 9.36 Å². The number of carbonyl (C=O) groups excluding carboxylic acids is 1. The third-order valence-corrected chi connectivity index (χ3v) is 9.76. The second-order valence-electron chi connectivity index (χ2n) is 11.6. The number of halogens is 1. The van der Waals surface area contributed by atoms with Crippen molar-refractivity contribution < 1.29 is 28.1 Å². The number of hydrogen-bond acceptors (Lipinski definition) is 8. The van der Waals surface area contributed by atoms with Crippen molar-refractivity contribution in [1.82, 2.24) is 9.13 Å². The largest absolute Gasteiger partial charge is 0.497 e. The predicted molar refractivity (Wildman–Crippen MR) is 191 cm³/mol. The zero-order valence-electron chi connectivity index (χ0n) is 27.9. The van der Waals surface area contributed by atoms with Gasteiger partial charge in [0, 0.05) is 28.2 Å². The van der Waals surface area contributed by atoms with Crippen LogP contribution in [0.5, 0.6) is 17.2 Å². The van der Waals surface area contributed by atoms with Gasteiger partial charge in [0.1, 0.15) is 24.1 Å². The number of rotatable bonds is 10. The summed E-state index contributed by atoms with van der Waals surface area (Å²) < 4.78 is 40.9. The summed E-state index contributed by atoms with van der Waals surface area (Å²) in [6.07, 6.45) is 3.81. The molecule has 4 aromatic carbocycles. The fraction of sp³-hybridized carbons (Fsp3) is 0.205. The van der Waals surface area contributed by atoms with E-state index in [1.165, 1.54) is 17.4 Å². The Hall–Kier alpha value is -5.68. The van der Waals surface area contributed by atoms with E-state index >= 15 is 0 Å². The molecule has 0 amide bonds. The molecule has 254 valence electrons. The van der Waals surface area contributed by atoms with Crippen molar-refractivity contribution >= 4 is 45.1 Å². The number of allylic oxidation sites excluding steroid dienone is 1. The molecule has 3 heterocycles. The summed E-state index contributed by atoms with van der Waals surface area (Å²) in [5, 5.41) is 2.58. The van der Waals surface area contributed by atoms with E-state index in [1.807, 2.05) is 71.4 Å². The van der Waals surface area contributed by atoms with Crippen LogP contribution >= 0.6 is 11.3 Å². The number of hydrogen-bond donors (Lipinski definition) is 0. The third-order valence-electron chi connectivity index (χ3n) is 8.77. The standard InChI is InChI=1S/C39H34FN3O6S/c1-5-48-38(45)34-23(2)41-39-43(36(34)35-28-21-26(46-3)16-14-24(28)15-17-32(35)47-4)37(44)33(50-39)20-25-22-42(30-12-8-6-10-27(25)30)18-19-49-31-13-9-7-11-29(31)40/h6-17,20-22,36H,5,18-19H2,1-4H3/b33-20-/t36-/m1/s1. The van der Waals surface area contributed by atoms with Crippen LogP contribution in [0.15, 0.2) is 106 Å². The van der Waals surface area contributed by atoms with Crippen LogP contribution in [0.3, 0.4) is 0 Å². The number of carbonyl (C=O) groups is 1. The summed E-state index contributed by atoms with van der Waals surface area (Å²) in [4.78, 5) is 33.4. The smallest absolute Gasteiger partial charge is 0.338 e. The average molecular weight is 692 g/mol. The summed E-state index contributed by atoms with van der Waals surface area (Å²) in [5.41, 5.74) is 2.79. The molecule has 1 aliphatic rings. The Balaban J connectivity index is 1.38. The van der Waals surface area contributed by atoms with Gasteiger partial charge < -0.3 is 23.5 Å². The topological polar surface area (TPSA) is 93.3 Å². The van der Waals surface area contributed by atoms with Gasteiger partial charge in [0.2, 0.25) is 0 Å². The highest BCUT2D eigenvalue weighted by Crippen LogP contribution is 2.41. The van der Waals surface area contributed by atoms with Crippen molar-refractivity contribution in [3.8, 4) is 17.2 Å². The molecule has 1 aliphatic heterocycles. The van der Waals surface area contributed by atoms with E-state index < -0.39 is 17.8 Å². The van der Waals surface area contributed by atoms with Gasteiger partial charge in [-0.1, -0.05) is 53.8 Å². The molecule has 9 nitrogen and oxygen atoms in total. The van der Waals surface area contributed by atoms with Crippen molar-refractivity contribution in [2.24, 2.45) is 4.99 Å². The molecule has 7 rings (SSSR count). The minimum atomic E-state index is -0.893. The van der Waals surface area contributed by atoms with Gasteiger partial charge in [-0.15, -0.1) is 0 Å². The number of ether oxygens (including phenoxy) is 4. The molecule has 1 atom stereocenters. The van der Waals surface area contributed by atoms with Crippen LogP contribution in [0.2, 0.25) is 0 Å². The first-order valence-corrected chi connectivity index (χ1v) is 16.9. The van der Waals surface area contributed by atoms with Crippen molar-refractivity contribution in [3.63, 3.8) is 0 Å². The lowest BCUT2D eigenvalue weighted by Gasteiger charge is -2.27. The Kier molecular flexibility index (Phi) is 8.98. The zero-order valence-corrected chi connectivity index (χ0v) is 28.8. The van der Waals surface area contributed by atoms with Crippen LogP contribution in [-0.4, -0.2) is 42.5 Å². The third kappa shape index (κ3) is 5.83. The molecule has 6 aromatic rings. The van der Waals surface area contributed by atoms with Crippen molar-refractivity contribution in [1.29, 1.82) is 0 Å². The summed E-state index contributed by atoms with van der Waals surface area (Å²) in [5.74, 6) is 0.339. The van der Waals surface area contributed by atoms with Crippen LogP contribution in [0.25, 0.3) is 27.8 Å². The average Bonchev–Trinajstić information content (AvgIpc) is 3.63. The Morgan fingerprint density at radius 1 is 0.980 bits per heavy atom. The molecule has 0 N–H and O–H groups in total. The maximum absolute atomic E-state index is 14.6. The van der Waals surface area contributed by atoms with Crippen LogP contribution in [-0.2, 0) is 16.1 Å². The molecule has 11 heteroatoms. The van der Waals surface area contributed by atoms with E-state index in [0.29, 0.717) is 38.6 Å². The molecule has 0 saturated carbocycles. The first kappa shape index (κ1) is 32.8. The van der Waals surface area contributed by atoms with Gasteiger partial charge in [-0.2, -0.15) is 0 Å². The quantitative estimate of drug-likeness (QED) is 0.160. The van der Waals surface area contributed by atoms with Crippen molar-refractivity contribution in [2.45, 2.75) is 26.4 Å². The van der Waals surface area contributed by atoms with E-state index in [9.17, 15) is 14.0 Å². The molecule has 0 spiro atoms. The normalized spacial score (nSPS) is 14.5. The number of fused-ring (bicyclic) bond motifs is 3. The van der Waals surface area contributed by atoms with Crippen molar-refractivity contribution in [2.75, 3.05) is 27.4 Å². The minimum absolute atomic E-state index is 0.155. The van der Waals surface area contributed by atoms with Gasteiger partial charge in [0.05, 0.1) is 43.2 Å². The fourth-order valence-electron chi connectivity index (χ4n) is 6.49. The molecule has 2 aromatic heterocycles. The number of methoxy groups -OCH3 is 2. The van der Waals surface area contributed by atoms with Crippen LogP contribution < -0.4 is 29.1 Å². The Bertz CT molecular complexity index is 2490. The number of aromatic nitrogens is 2. The number of esters is 1. The van der Waals surface area contributed by atoms with Crippen LogP contribution in [0.4, 0.5) is 4.39 Å². The van der Waals surface area contributed by atoms with Crippen LogP contribution in [0, 0.1) is 5.82 Å². The summed E-state index contributed by atoms with van der Waals surface area (Å²) in [6, 6.07) is 22.7. The zero-order chi connectivity index (χ0) is 34.9. The molecule has 0 bridgehead atoms. The number of benzene rings is 4. The SMILES string of the molecule is CCOC(=O)C1=C(C)N=c2s/c(=C\c3cn(CCOc4ccccc4F)c4ccccc34)c(=O)n2[C@H]1c1c(OC)ccc2ccc(OC)cc12. The molecule has 0 saturated heterocycles. The Morgan fingerprint density at radius 2 is 1.76 bits per heavy atom. The number of nitrogens with zero attached hydrogens (tertiary/aromatic N) is 3. The molecular weight excluding hydrogens is 658 g/mol. The highest BCUT2D eigenvalue weighted by Gasteiger charge is 2.36. The fourth-order valence-corrected chi connectivity index (χ4v) is 7.52. The maximum Gasteiger partial charge on any atom is 0.338 e. The molecule has 0 radical (unpaired) electrons. The van der Waals surface area contributed by atoms with E-state index in [1.54, 1.807) is 50.8 Å². The second-order valence-corrected chi connectivity index (χ2v) is 12.7. The lowest BCUT2D eigenvalue weighted by atomic mass is 9.90. The van der Waals surface area contributed by atoms with Gasteiger partial charge >= 0.3 is 5.97 Å². The summed E-state index contributed by atoms with van der Waals surface area (Å²) in [7, 11) is 3.15. The minimum Gasteiger partial charge on any atom is -0.497 e. The molecule has 50 heavy (non-hydrogen) atoms. The molecule has 0 aliphatic carbocycles. The highest BCUT2D eigenvalue weighted by molar-refractivity contribution is 7.07. The molecular formula is C39H34FN3O6S. The highest BCUT2D eigenvalue weighted by atomic mass is 32.1. The van der Waals surface area contributed by atoms with E-state index in [4.69, 9.17) is 23.9 Å². The summed E-state index contributed by atoms with van der Waals surface area (Å²) >= 11 is 1.25. The van der Waals surface area contributed by atoms with Gasteiger partial charge in [0.15, 0.2) is 16.4 Å². The second kappa shape index (κ2) is 13.7. The van der Waals surface area contributed by atoms with E-state index in [2.05, 4.69) is 0 Å². The Labute approximate surface area is 290 Å².